The molecule has 1 aliphatic rings. The van der Waals surface area contributed by atoms with Gasteiger partial charge in [0.05, 0.1) is 11.8 Å². The molecule has 0 amide bonds. The maximum Gasteiger partial charge on any atom is 0.0693 e. The predicted molar refractivity (Wildman–Crippen MR) is 53.7 cm³/mol. The number of rotatable bonds is 3. The van der Waals surface area contributed by atoms with Crippen molar-refractivity contribution < 1.29 is 5.11 Å². The van der Waals surface area contributed by atoms with Crippen molar-refractivity contribution in [3.63, 3.8) is 0 Å². The fourth-order valence-corrected chi connectivity index (χ4v) is 1.99. The highest BCUT2D eigenvalue weighted by Gasteiger charge is 2.24. The third-order valence-electron chi connectivity index (χ3n) is 2.95. The van der Waals surface area contributed by atoms with Crippen LogP contribution < -0.4 is 5.32 Å². The molecule has 14 heavy (non-hydrogen) atoms. The van der Waals surface area contributed by atoms with Crippen molar-refractivity contribution in [1.29, 1.82) is 0 Å². The van der Waals surface area contributed by atoms with Gasteiger partial charge >= 0.3 is 0 Å². The van der Waals surface area contributed by atoms with Crippen LogP contribution in [0.3, 0.4) is 0 Å². The van der Waals surface area contributed by atoms with E-state index in [0.29, 0.717) is 0 Å². The molecule has 0 saturated heterocycles. The van der Waals surface area contributed by atoms with E-state index in [0.717, 1.165) is 31.5 Å². The zero-order valence-electron chi connectivity index (χ0n) is 8.48. The first-order chi connectivity index (χ1) is 6.77. The van der Waals surface area contributed by atoms with Crippen molar-refractivity contribution in [2.45, 2.75) is 38.0 Å². The molecule has 0 unspecified atom stereocenters. The normalized spacial score (nSPS) is 27.0. The summed E-state index contributed by atoms with van der Waals surface area (Å²) >= 11 is 0. The van der Waals surface area contributed by atoms with Gasteiger partial charge in [-0.15, -0.1) is 0 Å². The summed E-state index contributed by atoms with van der Waals surface area (Å²) in [6, 6.07) is 2.26. The minimum absolute atomic E-state index is 0.164. The van der Waals surface area contributed by atoms with Crippen molar-refractivity contribution >= 4 is 0 Å². The highest BCUT2D eigenvalue weighted by molar-refractivity contribution is 5.00. The van der Waals surface area contributed by atoms with E-state index in [1.807, 2.05) is 17.8 Å². The van der Waals surface area contributed by atoms with Crippen LogP contribution in [-0.4, -0.2) is 27.0 Å². The molecule has 2 N–H and O–H groups in total. The quantitative estimate of drug-likeness (QED) is 0.735. The lowest BCUT2D eigenvalue weighted by Gasteiger charge is -2.16. The number of aryl methyl sites for hydroxylation is 1. The number of aromatic nitrogens is 2. The maximum absolute atomic E-state index is 9.60. The van der Waals surface area contributed by atoms with E-state index in [-0.39, 0.29) is 12.1 Å². The Morgan fingerprint density at radius 1 is 1.64 bits per heavy atom. The number of nitrogens with one attached hydrogen (secondary N) is 1. The fraction of sp³-hybridized carbons (Fsp3) is 0.700. The molecule has 0 bridgehead atoms. The zero-order valence-corrected chi connectivity index (χ0v) is 8.48. The molecule has 2 rings (SSSR count). The second kappa shape index (κ2) is 4.11. The molecule has 1 heterocycles. The topological polar surface area (TPSA) is 50.1 Å². The summed E-state index contributed by atoms with van der Waals surface area (Å²) in [6.07, 6.45) is 4.78. The molecule has 1 aromatic heterocycles. The summed E-state index contributed by atoms with van der Waals surface area (Å²) in [5, 5.41) is 17.1. The zero-order chi connectivity index (χ0) is 9.97. The van der Waals surface area contributed by atoms with Crippen molar-refractivity contribution in [2.75, 3.05) is 0 Å². The highest BCUT2D eigenvalue weighted by atomic mass is 16.3. The van der Waals surface area contributed by atoms with Crippen molar-refractivity contribution in [3.05, 3.63) is 18.0 Å². The minimum atomic E-state index is -0.164. The van der Waals surface area contributed by atoms with Crippen LogP contribution in [0.15, 0.2) is 12.3 Å². The summed E-state index contributed by atoms with van der Waals surface area (Å²) in [4.78, 5) is 0. The Kier molecular flexibility index (Phi) is 2.84. The second-order valence-corrected chi connectivity index (χ2v) is 3.93. The SMILES string of the molecule is Cn1nccc1CN[C@H]1CCC[C@@H]1O. The Balaban J connectivity index is 1.85. The third kappa shape index (κ3) is 1.96. The Bertz CT molecular complexity index is 297. The van der Waals surface area contributed by atoms with E-state index >= 15 is 0 Å². The van der Waals surface area contributed by atoms with E-state index in [1.54, 1.807) is 6.20 Å². The van der Waals surface area contributed by atoms with Crippen LogP contribution in [0.2, 0.25) is 0 Å². The van der Waals surface area contributed by atoms with Gasteiger partial charge in [-0.25, -0.2) is 0 Å². The fourth-order valence-electron chi connectivity index (χ4n) is 1.99. The van der Waals surface area contributed by atoms with E-state index in [9.17, 15) is 5.11 Å². The Hall–Kier alpha value is -0.870. The molecular formula is C10H17N3O. The molecule has 4 heteroatoms. The van der Waals surface area contributed by atoms with Crippen molar-refractivity contribution in [3.8, 4) is 0 Å². The number of aliphatic hydroxyl groups excluding tert-OH is 1. The van der Waals surface area contributed by atoms with Crippen molar-refractivity contribution in [2.24, 2.45) is 7.05 Å². The Labute approximate surface area is 83.9 Å². The van der Waals surface area contributed by atoms with Crippen molar-refractivity contribution in [1.82, 2.24) is 15.1 Å². The van der Waals surface area contributed by atoms with Crippen LogP contribution in [0.5, 0.6) is 0 Å². The van der Waals surface area contributed by atoms with E-state index in [2.05, 4.69) is 10.4 Å². The molecule has 0 aliphatic heterocycles. The van der Waals surface area contributed by atoms with Gasteiger partial charge in [-0.2, -0.15) is 5.10 Å². The van der Waals surface area contributed by atoms with Crippen LogP contribution in [0, 0.1) is 0 Å². The molecule has 1 aromatic rings. The Morgan fingerprint density at radius 3 is 3.07 bits per heavy atom. The first-order valence-electron chi connectivity index (χ1n) is 5.15. The standard InChI is InChI=1S/C10H17N3O/c1-13-8(5-6-12-13)7-11-9-3-2-4-10(9)14/h5-6,9-11,14H,2-4,7H2,1H3/t9-,10-/m0/s1. The number of hydrogen-bond donors (Lipinski definition) is 2. The summed E-state index contributed by atoms with van der Waals surface area (Å²) in [6.45, 7) is 0.790. The molecule has 1 aliphatic carbocycles. The molecule has 78 valence electrons. The average molecular weight is 195 g/mol. The van der Waals surface area contributed by atoms with Gasteiger partial charge < -0.3 is 10.4 Å². The lowest BCUT2D eigenvalue weighted by atomic mass is 10.2. The van der Waals surface area contributed by atoms with Gasteiger partial charge in [-0.1, -0.05) is 0 Å². The molecule has 0 spiro atoms. The monoisotopic (exact) mass is 195 g/mol. The van der Waals surface area contributed by atoms with Gasteiger partial charge in [0, 0.05) is 25.8 Å². The van der Waals surface area contributed by atoms with Crippen LogP contribution in [-0.2, 0) is 13.6 Å². The lowest BCUT2D eigenvalue weighted by Crippen LogP contribution is -2.35. The van der Waals surface area contributed by atoms with E-state index < -0.39 is 0 Å². The predicted octanol–water partition coefficient (Wildman–Crippen LogP) is 0.423. The lowest BCUT2D eigenvalue weighted by molar-refractivity contribution is 0.148. The first kappa shape index (κ1) is 9.68. The largest absolute Gasteiger partial charge is 0.392 e. The van der Waals surface area contributed by atoms with Gasteiger partial charge in [-0.3, -0.25) is 4.68 Å². The van der Waals surface area contributed by atoms with Crippen LogP contribution >= 0.6 is 0 Å². The second-order valence-electron chi connectivity index (χ2n) is 3.93. The molecule has 2 atom stereocenters. The minimum Gasteiger partial charge on any atom is -0.392 e. The van der Waals surface area contributed by atoms with E-state index in [1.165, 1.54) is 0 Å². The third-order valence-corrected chi connectivity index (χ3v) is 2.95. The smallest absolute Gasteiger partial charge is 0.0693 e. The van der Waals surface area contributed by atoms with Gasteiger partial charge in [0.25, 0.3) is 0 Å². The summed E-state index contributed by atoms with van der Waals surface area (Å²) < 4.78 is 1.86. The first-order valence-corrected chi connectivity index (χ1v) is 5.15. The number of aliphatic hydroxyl groups is 1. The van der Waals surface area contributed by atoms with Crippen LogP contribution in [0.1, 0.15) is 25.0 Å². The molecule has 1 saturated carbocycles. The highest BCUT2D eigenvalue weighted by Crippen LogP contribution is 2.18. The summed E-state index contributed by atoms with van der Waals surface area (Å²) in [7, 11) is 1.93. The maximum atomic E-state index is 9.60. The van der Waals surface area contributed by atoms with Gasteiger partial charge in [-0.05, 0) is 25.3 Å². The van der Waals surface area contributed by atoms with Gasteiger partial charge in [0.2, 0.25) is 0 Å². The molecule has 0 radical (unpaired) electrons. The van der Waals surface area contributed by atoms with E-state index in [4.69, 9.17) is 0 Å². The molecule has 0 aromatic carbocycles. The molecule has 4 nitrogen and oxygen atoms in total. The summed E-state index contributed by atoms with van der Waals surface area (Å²) in [5.41, 5.74) is 1.16. The van der Waals surface area contributed by atoms with Gasteiger partial charge in [0.15, 0.2) is 0 Å². The molecular weight excluding hydrogens is 178 g/mol. The van der Waals surface area contributed by atoms with Crippen LogP contribution in [0.4, 0.5) is 0 Å². The number of hydrogen-bond acceptors (Lipinski definition) is 3. The average Bonchev–Trinajstić information content (AvgIpc) is 2.72. The van der Waals surface area contributed by atoms with Crippen LogP contribution in [0.25, 0.3) is 0 Å². The van der Waals surface area contributed by atoms with Gasteiger partial charge in [0.1, 0.15) is 0 Å². The number of nitrogens with zero attached hydrogens (tertiary/aromatic N) is 2. The summed E-state index contributed by atoms with van der Waals surface area (Å²) in [5.74, 6) is 0. The Morgan fingerprint density at radius 2 is 2.50 bits per heavy atom. The molecule has 1 fully saturated rings.